The Bertz CT molecular complexity index is 2160. The van der Waals surface area contributed by atoms with Crippen molar-refractivity contribution in [3.63, 3.8) is 0 Å². The molecule has 0 saturated carbocycles. The number of rotatable bonds is 77. The first-order valence-corrected chi connectivity index (χ1v) is 43.4. The Kier molecular flexibility index (Phi) is 76.2. The molecule has 0 aromatic heterocycles. The molecule has 0 amide bonds. The van der Waals surface area contributed by atoms with Gasteiger partial charge in [-0.3, -0.25) is 18.6 Å². The highest BCUT2D eigenvalue weighted by Crippen LogP contribution is 2.43. The van der Waals surface area contributed by atoms with Gasteiger partial charge in [0.1, 0.15) is 19.8 Å². The molecule has 0 aliphatic heterocycles. The molecule has 2 atom stereocenters. The SMILES string of the molecule is CC/C=C\C/C=C\C/C=C\C/C=C\C/C=C\C/C=C\C/C=C\C/C=C\C/C=C\C/C=C\CCCCCCCCCCC(=O)OC(COC(=O)CCCCCCCCCCCCCCCCCCCCCCCCCCC/C=C\CCCCCCCCCC)COP(=O)(O)OCC[N+](C)(C)C. The van der Waals surface area contributed by atoms with Gasteiger partial charge in [-0.25, -0.2) is 4.57 Å². The Morgan fingerprint density at radius 1 is 0.320 bits per heavy atom. The third-order valence-corrected chi connectivity index (χ3v) is 19.1. The molecular weight excluding hydrogens is 1250 g/mol. The Labute approximate surface area is 619 Å². The van der Waals surface area contributed by atoms with Crippen LogP contribution in [-0.4, -0.2) is 74.9 Å². The molecule has 1 N–H and O–H groups in total. The standard InChI is InChI=1S/C90H158NO8P/c1-6-8-10-12-14-16-18-20-22-24-26-28-30-32-34-36-38-40-42-44-45-47-49-51-53-55-57-59-61-63-65-67-69-71-73-75-77-79-81-83-90(93)99-88(87-98-100(94,95)97-85-84-91(3,4)5)86-96-89(92)82-80-78-76-74-72-70-68-66-64-62-60-58-56-54-52-50-48-46-43-41-39-37-35-33-31-29-27-25-23-21-19-17-15-13-11-9-7-2/h8,10,14,16,20,22,25-28,32,34,38,40,44-45,49,51,55,57,61,63,88H,6-7,9,11-13,15,17-19,21,23-24,29-31,33,35-37,39,41-43,46-48,50,52-54,56,58-60,62,64-87H2,1-5H3/p+1/b10-8-,16-14-,22-20-,27-25-,28-26-,34-32-,40-38-,45-44-,51-49-,57-55-,63-61-. The van der Waals surface area contributed by atoms with Gasteiger partial charge < -0.3 is 18.9 Å². The number of unbranched alkanes of at least 4 members (excludes halogenated alkanes) is 41. The Morgan fingerprint density at radius 3 is 0.860 bits per heavy atom. The lowest BCUT2D eigenvalue weighted by Gasteiger charge is -2.24. The average molecular weight is 1410 g/mol. The maximum atomic E-state index is 12.9. The van der Waals surface area contributed by atoms with Crippen molar-refractivity contribution in [3.05, 3.63) is 134 Å². The van der Waals surface area contributed by atoms with Gasteiger partial charge in [0.2, 0.25) is 0 Å². The van der Waals surface area contributed by atoms with Gasteiger partial charge in [0.25, 0.3) is 0 Å². The highest BCUT2D eigenvalue weighted by Gasteiger charge is 2.27. The second kappa shape index (κ2) is 79.3. The predicted molar refractivity (Wildman–Crippen MR) is 436 cm³/mol. The van der Waals surface area contributed by atoms with E-state index in [0.717, 1.165) is 109 Å². The number of hydrogen-bond donors (Lipinski definition) is 1. The number of carbonyl (C=O) groups excluding carboxylic acids is 2. The lowest BCUT2D eigenvalue weighted by Crippen LogP contribution is -2.37. The zero-order chi connectivity index (χ0) is 72.5. The van der Waals surface area contributed by atoms with Crippen molar-refractivity contribution in [2.75, 3.05) is 47.5 Å². The molecule has 576 valence electrons. The Hall–Kier alpha value is -3.85. The van der Waals surface area contributed by atoms with E-state index in [4.69, 9.17) is 18.5 Å². The molecule has 0 spiro atoms. The van der Waals surface area contributed by atoms with Crippen molar-refractivity contribution < 1.29 is 42.1 Å². The minimum atomic E-state index is -4.41. The molecule has 2 unspecified atom stereocenters. The number of quaternary nitrogens is 1. The van der Waals surface area contributed by atoms with Crippen LogP contribution in [0.4, 0.5) is 0 Å². The van der Waals surface area contributed by atoms with Crippen molar-refractivity contribution in [1.82, 2.24) is 0 Å². The summed E-state index contributed by atoms with van der Waals surface area (Å²) in [4.78, 5) is 36.0. The van der Waals surface area contributed by atoms with Crippen molar-refractivity contribution in [3.8, 4) is 0 Å². The third-order valence-electron chi connectivity index (χ3n) is 18.2. The zero-order valence-corrected chi connectivity index (χ0v) is 66.8. The molecule has 9 nitrogen and oxygen atoms in total. The van der Waals surface area contributed by atoms with E-state index in [-0.39, 0.29) is 32.0 Å². The number of carbonyl (C=O) groups is 2. The number of nitrogens with zero attached hydrogens (tertiary/aromatic N) is 1. The van der Waals surface area contributed by atoms with Crippen molar-refractivity contribution in [2.24, 2.45) is 0 Å². The van der Waals surface area contributed by atoms with Gasteiger partial charge in [0.15, 0.2) is 6.10 Å². The van der Waals surface area contributed by atoms with Gasteiger partial charge in [0, 0.05) is 12.8 Å². The van der Waals surface area contributed by atoms with Crippen LogP contribution >= 0.6 is 7.82 Å². The van der Waals surface area contributed by atoms with Crippen molar-refractivity contribution in [2.45, 2.75) is 380 Å². The number of allylic oxidation sites excluding steroid dienone is 22. The molecule has 0 radical (unpaired) electrons. The van der Waals surface area contributed by atoms with Gasteiger partial charge in [0.05, 0.1) is 27.7 Å². The third kappa shape index (κ3) is 83.1. The lowest BCUT2D eigenvalue weighted by atomic mass is 10.0. The maximum absolute atomic E-state index is 12.9. The number of likely N-dealkylation sites (N-methyl/N-ethyl adjacent to an activating group) is 1. The van der Waals surface area contributed by atoms with Crippen LogP contribution in [-0.2, 0) is 32.7 Å². The number of esters is 2. The molecule has 0 aromatic rings. The molecule has 0 aliphatic carbocycles. The number of ether oxygens (including phenoxy) is 2. The summed E-state index contributed by atoms with van der Waals surface area (Å²) < 4.78 is 34.8. The predicted octanol–water partition coefficient (Wildman–Crippen LogP) is 28.3. The summed E-state index contributed by atoms with van der Waals surface area (Å²) in [5.41, 5.74) is 0. The largest absolute Gasteiger partial charge is 0.472 e. The fourth-order valence-corrected chi connectivity index (χ4v) is 12.6. The summed E-state index contributed by atoms with van der Waals surface area (Å²) in [6.45, 7) is 4.34. The summed E-state index contributed by atoms with van der Waals surface area (Å²) in [7, 11) is 1.47. The molecular formula is C90H159NO8P+. The molecule has 0 saturated heterocycles. The average Bonchev–Trinajstić information content (AvgIpc) is 1.07. The summed E-state index contributed by atoms with van der Waals surface area (Å²) in [5, 5.41) is 0. The maximum Gasteiger partial charge on any atom is 0.472 e. The van der Waals surface area contributed by atoms with Gasteiger partial charge in [-0.05, 0) is 116 Å². The Balaban J connectivity index is 4.00. The molecule has 10 heteroatoms. The van der Waals surface area contributed by atoms with E-state index < -0.39 is 26.5 Å². The summed E-state index contributed by atoms with van der Waals surface area (Å²) in [6, 6.07) is 0. The normalized spacial score (nSPS) is 13.7. The first-order chi connectivity index (χ1) is 49.0. The number of hydrogen-bond acceptors (Lipinski definition) is 7. The first kappa shape index (κ1) is 96.2. The molecule has 0 aliphatic rings. The minimum absolute atomic E-state index is 0.0257. The van der Waals surface area contributed by atoms with Crippen LogP contribution in [0.3, 0.4) is 0 Å². The Morgan fingerprint density at radius 2 is 0.570 bits per heavy atom. The fraction of sp³-hybridized carbons (Fsp3) is 0.733. The summed E-state index contributed by atoms with van der Waals surface area (Å²) in [5.74, 6) is -0.799. The van der Waals surface area contributed by atoms with E-state index in [0.29, 0.717) is 17.4 Å². The molecule has 100 heavy (non-hydrogen) atoms. The quantitative estimate of drug-likeness (QED) is 0.0211. The van der Waals surface area contributed by atoms with Gasteiger partial charge in [-0.1, -0.05) is 379 Å². The van der Waals surface area contributed by atoms with Crippen LogP contribution in [0.25, 0.3) is 0 Å². The second-order valence-corrected chi connectivity index (χ2v) is 30.6. The van der Waals surface area contributed by atoms with E-state index in [2.05, 4.69) is 148 Å². The van der Waals surface area contributed by atoms with Crippen LogP contribution in [0.5, 0.6) is 0 Å². The van der Waals surface area contributed by atoms with Crippen molar-refractivity contribution in [1.29, 1.82) is 0 Å². The van der Waals surface area contributed by atoms with Crippen LogP contribution < -0.4 is 0 Å². The summed E-state index contributed by atoms with van der Waals surface area (Å²) >= 11 is 0. The van der Waals surface area contributed by atoms with Crippen LogP contribution in [0.1, 0.15) is 373 Å². The van der Waals surface area contributed by atoms with Crippen LogP contribution in [0.2, 0.25) is 0 Å². The molecule has 0 heterocycles. The number of phosphoric acid groups is 1. The lowest BCUT2D eigenvalue weighted by molar-refractivity contribution is -0.870. The zero-order valence-electron chi connectivity index (χ0n) is 65.9. The molecule has 0 bridgehead atoms. The van der Waals surface area contributed by atoms with Gasteiger partial charge in [-0.15, -0.1) is 0 Å². The van der Waals surface area contributed by atoms with E-state index in [1.807, 2.05) is 21.1 Å². The highest BCUT2D eigenvalue weighted by molar-refractivity contribution is 7.47. The molecule has 0 aromatic carbocycles. The first-order valence-electron chi connectivity index (χ1n) is 41.9. The van der Waals surface area contributed by atoms with E-state index in [9.17, 15) is 19.0 Å². The number of phosphoric ester groups is 1. The van der Waals surface area contributed by atoms with Gasteiger partial charge in [-0.2, -0.15) is 0 Å². The summed E-state index contributed by atoms with van der Waals surface area (Å²) in [6.07, 6.45) is 116. The second-order valence-electron chi connectivity index (χ2n) is 29.1. The van der Waals surface area contributed by atoms with E-state index >= 15 is 0 Å². The van der Waals surface area contributed by atoms with Gasteiger partial charge >= 0.3 is 19.8 Å². The van der Waals surface area contributed by atoms with Crippen molar-refractivity contribution >= 4 is 19.8 Å². The highest BCUT2D eigenvalue weighted by atomic mass is 31.2. The van der Waals surface area contributed by atoms with E-state index in [1.54, 1.807) is 0 Å². The van der Waals surface area contributed by atoms with Crippen LogP contribution in [0, 0.1) is 0 Å². The van der Waals surface area contributed by atoms with E-state index in [1.165, 1.54) is 231 Å². The minimum Gasteiger partial charge on any atom is -0.462 e. The fourth-order valence-electron chi connectivity index (χ4n) is 11.8. The smallest absolute Gasteiger partial charge is 0.462 e. The molecule has 0 fully saturated rings. The van der Waals surface area contributed by atoms with Crippen LogP contribution in [0.15, 0.2) is 134 Å². The molecule has 0 rings (SSSR count). The monoisotopic (exact) mass is 1410 g/mol. The topological polar surface area (TPSA) is 108 Å².